The molecule has 146 valence electrons. The van der Waals surface area contributed by atoms with Gasteiger partial charge in [-0.25, -0.2) is 4.98 Å². The summed E-state index contributed by atoms with van der Waals surface area (Å²) < 4.78 is 29.3. The Hall–Kier alpha value is -3.79. The molecule has 0 bridgehead atoms. The molecular formula is C26H21N3O. The van der Waals surface area contributed by atoms with Gasteiger partial charge < -0.3 is 14.2 Å². The standard InChI is InChI=1S/C26H21N3O/c1-17-12-14-20-21-15-13-18(2)27-26(21)30-25(20)24(17)29-16-28(19-8-4-3-5-9-19)22-10-6-7-11-23(22)29/h3-15H,16H2,1-2H3/i2D3. The van der Waals surface area contributed by atoms with Crippen LogP contribution in [0.25, 0.3) is 22.1 Å². The van der Waals surface area contributed by atoms with E-state index in [4.69, 9.17) is 8.53 Å². The van der Waals surface area contributed by atoms with Crippen molar-refractivity contribution in [1.29, 1.82) is 0 Å². The van der Waals surface area contributed by atoms with E-state index in [-0.39, 0.29) is 5.69 Å². The zero-order chi connectivity index (χ0) is 22.7. The summed E-state index contributed by atoms with van der Waals surface area (Å²) >= 11 is 0. The lowest BCUT2D eigenvalue weighted by Gasteiger charge is -2.23. The van der Waals surface area contributed by atoms with E-state index < -0.39 is 6.85 Å². The van der Waals surface area contributed by atoms with E-state index in [1.165, 1.54) is 0 Å². The van der Waals surface area contributed by atoms with Crippen molar-refractivity contribution in [3.8, 4) is 0 Å². The Morgan fingerprint density at radius 3 is 2.37 bits per heavy atom. The molecule has 0 radical (unpaired) electrons. The van der Waals surface area contributed by atoms with E-state index >= 15 is 0 Å². The molecule has 0 fully saturated rings. The minimum absolute atomic E-state index is 0.0362. The molecule has 3 aromatic carbocycles. The molecule has 0 atom stereocenters. The molecule has 5 aromatic rings. The van der Waals surface area contributed by atoms with Crippen molar-refractivity contribution in [2.45, 2.75) is 13.8 Å². The highest BCUT2D eigenvalue weighted by Gasteiger charge is 2.30. The molecule has 0 saturated heterocycles. The van der Waals surface area contributed by atoms with Crippen LogP contribution in [0.3, 0.4) is 0 Å². The number of nitrogens with zero attached hydrogens (tertiary/aromatic N) is 3. The lowest BCUT2D eigenvalue weighted by atomic mass is 10.1. The van der Waals surface area contributed by atoms with Crippen molar-refractivity contribution in [3.05, 3.63) is 90.1 Å². The number of hydrogen-bond donors (Lipinski definition) is 0. The average molecular weight is 394 g/mol. The normalized spacial score (nSPS) is 15.3. The smallest absolute Gasteiger partial charge is 0.227 e. The number of furan rings is 1. The number of aryl methyl sites for hydroxylation is 2. The van der Waals surface area contributed by atoms with Crippen molar-refractivity contribution in [3.63, 3.8) is 0 Å². The van der Waals surface area contributed by atoms with Crippen LogP contribution >= 0.6 is 0 Å². The topological polar surface area (TPSA) is 32.5 Å². The number of hydrogen-bond acceptors (Lipinski definition) is 4. The predicted octanol–water partition coefficient (Wildman–Crippen LogP) is 6.85. The molecule has 4 nitrogen and oxygen atoms in total. The zero-order valence-corrected chi connectivity index (χ0v) is 16.5. The molecule has 6 rings (SSSR count). The van der Waals surface area contributed by atoms with Gasteiger partial charge in [-0.2, -0.15) is 0 Å². The number of aromatic nitrogens is 1. The van der Waals surface area contributed by atoms with Gasteiger partial charge >= 0.3 is 0 Å². The van der Waals surface area contributed by atoms with Crippen molar-refractivity contribution >= 4 is 44.8 Å². The Morgan fingerprint density at radius 2 is 1.57 bits per heavy atom. The van der Waals surface area contributed by atoms with Gasteiger partial charge in [0.05, 0.1) is 17.1 Å². The van der Waals surface area contributed by atoms with E-state index in [1.54, 1.807) is 12.1 Å². The van der Waals surface area contributed by atoms with Crippen molar-refractivity contribution in [2.75, 3.05) is 16.5 Å². The van der Waals surface area contributed by atoms with E-state index in [0.717, 1.165) is 39.1 Å². The van der Waals surface area contributed by atoms with Crippen LogP contribution in [0.5, 0.6) is 0 Å². The monoisotopic (exact) mass is 394 g/mol. The molecule has 0 amide bonds. The van der Waals surface area contributed by atoms with Crippen LogP contribution < -0.4 is 9.80 Å². The van der Waals surface area contributed by atoms with Gasteiger partial charge in [0.1, 0.15) is 6.67 Å². The van der Waals surface area contributed by atoms with Gasteiger partial charge in [0.2, 0.25) is 5.71 Å². The first kappa shape index (κ1) is 14.2. The molecule has 0 aliphatic carbocycles. The third-order valence-corrected chi connectivity index (χ3v) is 5.77. The Labute approximate surface area is 179 Å². The first-order valence-electron chi connectivity index (χ1n) is 11.4. The predicted molar refractivity (Wildman–Crippen MR) is 123 cm³/mol. The summed E-state index contributed by atoms with van der Waals surface area (Å²) in [6.07, 6.45) is 0. The number of para-hydroxylation sites is 3. The zero-order valence-electron chi connectivity index (χ0n) is 19.5. The highest BCUT2D eigenvalue weighted by Crippen LogP contribution is 2.47. The summed E-state index contributed by atoms with van der Waals surface area (Å²) in [5, 5.41) is 1.73. The molecule has 3 heterocycles. The highest BCUT2D eigenvalue weighted by atomic mass is 16.3. The molecule has 0 N–H and O–H groups in total. The van der Waals surface area contributed by atoms with Crippen molar-refractivity contribution in [2.24, 2.45) is 0 Å². The third-order valence-electron chi connectivity index (χ3n) is 5.77. The second-order valence-corrected chi connectivity index (χ2v) is 7.58. The molecule has 0 unspecified atom stereocenters. The lowest BCUT2D eigenvalue weighted by molar-refractivity contribution is 0.651. The van der Waals surface area contributed by atoms with Crippen LogP contribution in [-0.2, 0) is 0 Å². The van der Waals surface area contributed by atoms with E-state index in [1.807, 2.05) is 36.4 Å². The van der Waals surface area contributed by atoms with Crippen LogP contribution in [0.4, 0.5) is 22.7 Å². The summed E-state index contributed by atoms with van der Waals surface area (Å²) in [6, 6.07) is 26.1. The summed E-state index contributed by atoms with van der Waals surface area (Å²) in [6.45, 7) is 0.418. The Morgan fingerprint density at radius 1 is 0.833 bits per heavy atom. The largest absolute Gasteiger partial charge is 0.435 e. The average Bonchev–Trinajstić information content (AvgIpc) is 3.37. The number of pyridine rings is 1. The second kappa shape index (κ2) is 6.36. The fraction of sp³-hybridized carbons (Fsp3) is 0.115. The number of anilines is 4. The molecule has 30 heavy (non-hydrogen) atoms. The van der Waals surface area contributed by atoms with Gasteiger partial charge in [-0.1, -0.05) is 42.5 Å². The van der Waals surface area contributed by atoms with Gasteiger partial charge in [-0.3, -0.25) is 0 Å². The SMILES string of the molecule is [2H]C([2H])([2H])c1ccc2c(n1)oc1c(N3CN(c4ccccc4)c4ccccc43)c(C)ccc12. The third kappa shape index (κ3) is 2.43. The van der Waals surface area contributed by atoms with E-state index in [0.29, 0.717) is 18.0 Å². The van der Waals surface area contributed by atoms with Crippen LogP contribution in [0.15, 0.2) is 83.3 Å². The summed E-state index contributed by atoms with van der Waals surface area (Å²) in [5.41, 5.74) is 6.46. The second-order valence-electron chi connectivity index (χ2n) is 7.58. The van der Waals surface area contributed by atoms with Crippen LogP contribution in [0.1, 0.15) is 15.4 Å². The number of rotatable bonds is 2. The van der Waals surface area contributed by atoms with Crippen LogP contribution in [-0.4, -0.2) is 11.7 Å². The molecule has 0 spiro atoms. The van der Waals surface area contributed by atoms with Gasteiger partial charge in [0.15, 0.2) is 5.58 Å². The summed E-state index contributed by atoms with van der Waals surface area (Å²) in [5.74, 6) is 0. The maximum absolute atomic E-state index is 7.70. The van der Waals surface area contributed by atoms with Crippen molar-refractivity contribution in [1.82, 2.24) is 4.98 Å². The maximum atomic E-state index is 7.70. The Bertz CT molecular complexity index is 1510. The molecular weight excluding hydrogens is 370 g/mol. The first-order chi connectivity index (χ1) is 15.9. The fourth-order valence-corrected chi connectivity index (χ4v) is 4.37. The fourth-order valence-electron chi connectivity index (χ4n) is 4.37. The van der Waals surface area contributed by atoms with Gasteiger partial charge in [-0.05, 0) is 55.7 Å². The molecule has 1 aliphatic heterocycles. The minimum atomic E-state index is -2.28. The summed E-state index contributed by atoms with van der Waals surface area (Å²) in [7, 11) is 0. The van der Waals surface area contributed by atoms with Gasteiger partial charge in [-0.15, -0.1) is 0 Å². The van der Waals surface area contributed by atoms with Crippen molar-refractivity contribution < 1.29 is 8.53 Å². The van der Waals surface area contributed by atoms with E-state index in [2.05, 4.69) is 52.0 Å². The molecule has 0 saturated carbocycles. The summed E-state index contributed by atoms with van der Waals surface area (Å²) in [4.78, 5) is 8.87. The van der Waals surface area contributed by atoms with E-state index in [9.17, 15) is 0 Å². The highest BCUT2D eigenvalue weighted by molar-refractivity contribution is 6.10. The molecule has 4 heteroatoms. The maximum Gasteiger partial charge on any atom is 0.227 e. The van der Waals surface area contributed by atoms with Crippen LogP contribution in [0, 0.1) is 13.8 Å². The first-order valence-corrected chi connectivity index (χ1v) is 9.94. The molecule has 2 aromatic heterocycles. The number of benzene rings is 3. The minimum Gasteiger partial charge on any atom is -0.435 e. The Kier molecular flexibility index (Phi) is 3.02. The lowest BCUT2D eigenvalue weighted by Crippen LogP contribution is -2.24. The number of fused-ring (bicyclic) bond motifs is 4. The Balaban J connectivity index is 1.56. The molecule has 1 aliphatic rings. The quantitative estimate of drug-likeness (QED) is 0.328. The van der Waals surface area contributed by atoms with Gasteiger partial charge in [0, 0.05) is 26.3 Å². The van der Waals surface area contributed by atoms with Gasteiger partial charge in [0.25, 0.3) is 0 Å². The van der Waals surface area contributed by atoms with Crippen LogP contribution in [0.2, 0.25) is 0 Å².